The highest BCUT2D eigenvalue weighted by Crippen LogP contribution is 2.44. The lowest BCUT2D eigenvalue weighted by molar-refractivity contribution is 0.0778. The maximum atomic E-state index is 5.75. The van der Waals surface area contributed by atoms with Crippen molar-refractivity contribution in [1.29, 1.82) is 0 Å². The quantitative estimate of drug-likeness (QED) is 0.448. The van der Waals surface area contributed by atoms with Crippen LogP contribution >= 0.6 is 0 Å². The molecule has 1 saturated heterocycles. The Labute approximate surface area is 182 Å². The van der Waals surface area contributed by atoms with Crippen LogP contribution in [0.1, 0.15) is 62.8 Å². The summed E-state index contributed by atoms with van der Waals surface area (Å²) in [4.78, 5) is 11.9. The van der Waals surface area contributed by atoms with Gasteiger partial charge in [-0.3, -0.25) is 9.89 Å². The third kappa shape index (κ3) is 6.45. The van der Waals surface area contributed by atoms with Crippen molar-refractivity contribution in [2.75, 3.05) is 46.4 Å². The summed E-state index contributed by atoms with van der Waals surface area (Å²) in [5, 5.41) is 7.03. The molecule has 0 aromatic carbocycles. The minimum Gasteiger partial charge on any atom is -0.444 e. The molecule has 3 rings (SSSR count). The molecule has 7 heteroatoms. The summed E-state index contributed by atoms with van der Waals surface area (Å²) >= 11 is 0. The van der Waals surface area contributed by atoms with Gasteiger partial charge in [0.1, 0.15) is 5.76 Å². The highest BCUT2D eigenvalue weighted by molar-refractivity contribution is 5.79. The van der Waals surface area contributed by atoms with Gasteiger partial charge in [-0.05, 0) is 77.3 Å². The highest BCUT2D eigenvalue weighted by atomic mass is 16.5. The van der Waals surface area contributed by atoms with Gasteiger partial charge in [0.15, 0.2) is 5.96 Å². The fourth-order valence-electron chi connectivity index (χ4n) is 4.46. The average Bonchev–Trinajstić information content (AvgIpc) is 3.03. The minimum absolute atomic E-state index is 0.361. The van der Waals surface area contributed by atoms with Gasteiger partial charge in [0.25, 0.3) is 0 Å². The van der Waals surface area contributed by atoms with E-state index in [0.717, 1.165) is 75.6 Å². The van der Waals surface area contributed by atoms with Gasteiger partial charge < -0.3 is 19.8 Å². The second kappa shape index (κ2) is 11.1. The van der Waals surface area contributed by atoms with Gasteiger partial charge >= 0.3 is 0 Å². The summed E-state index contributed by atoms with van der Waals surface area (Å²) in [6.45, 7) is 12.8. The Bertz CT molecular complexity index is 656. The average molecular weight is 420 g/mol. The smallest absolute Gasteiger partial charge is 0.208 e. The van der Waals surface area contributed by atoms with Crippen molar-refractivity contribution >= 4 is 5.96 Å². The van der Waals surface area contributed by atoms with Gasteiger partial charge in [0.05, 0.1) is 12.2 Å². The fourth-order valence-corrected chi connectivity index (χ4v) is 4.46. The SMILES string of the molecule is CCNC(=NCC1(CCOC)CCC1)NCC1CCN(Cc2nc(C)c(C)o2)CC1. The summed E-state index contributed by atoms with van der Waals surface area (Å²) < 4.78 is 11.1. The molecule has 2 N–H and O–H groups in total. The molecular formula is C23H41N5O2. The largest absolute Gasteiger partial charge is 0.444 e. The van der Waals surface area contributed by atoms with Crippen molar-refractivity contribution < 1.29 is 9.15 Å². The molecular weight excluding hydrogens is 378 g/mol. The van der Waals surface area contributed by atoms with E-state index < -0.39 is 0 Å². The molecule has 0 bridgehead atoms. The lowest BCUT2D eigenvalue weighted by Gasteiger charge is -2.41. The molecule has 2 fully saturated rings. The van der Waals surface area contributed by atoms with Gasteiger partial charge in [-0.15, -0.1) is 0 Å². The summed E-state index contributed by atoms with van der Waals surface area (Å²) in [5.74, 6) is 3.44. The number of hydrogen-bond acceptors (Lipinski definition) is 5. The van der Waals surface area contributed by atoms with E-state index in [1.807, 2.05) is 13.8 Å². The number of piperidine rings is 1. The first kappa shape index (κ1) is 23.1. The van der Waals surface area contributed by atoms with Crippen LogP contribution in [0.3, 0.4) is 0 Å². The molecule has 0 amide bonds. The maximum Gasteiger partial charge on any atom is 0.208 e. The van der Waals surface area contributed by atoms with Gasteiger partial charge in [-0.2, -0.15) is 0 Å². The first-order valence-electron chi connectivity index (χ1n) is 11.7. The van der Waals surface area contributed by atoms with Crippen molar-refractivity contribution in [2.45, 2.75) is 65.8 Å². The lowest BCUT2D eigenvalue weighted by atomic mass is 9.67. The molecule has 7 nitrogen and oxygen atoms in total. The van der Waals surface area contributed by atoms with Gasteiger partial charge in [-0.1, -0.05) is 6.42 Å². The van der Waals surface area contributed by atoms with E-state index in [2.05, 4.69) is 27.4 Å². The second-order valence-electron chi connectivity index (χ2n) is 9.14. The number of nitrogens with one attached hydrogen (secondary N) is 2. The van der Waals surface area contributed by atoms with Crippen LogP contribution in [0.25, 0.3) is 0 Å². The van der Waals surface area contributed by atoms with Crippen molar-refractivity contribution in [2.24, 2.45) is 16.3 Å². The molecule has 0 spiro atoms. The van der Waals surface area contributed by atoms with Crippen LogP contribution in [0.5, 0.6) is 0 Å². The third-order valence-electron chi connectivity index (χ3n) is 6.86. The lowest BCUT2D eigenvalue weighted by Crippen LogP contribution is -2.44. The molecule has 1 saturated carbocycles. The summed E-state index contributed by atoms with van der Waals surface area (Å²) in [7, 11) is 1.79. The van der Waals surface area contributed by atoms with E-state index in [-0.39, 0.29) is 0 Å². The summed E-state index contributed by atoms with van der Waals surface area (Å²) in [6.07, 6.45) is 7.40. The van der Waals surface area contributed by atoms with Crippen LogP contribution in [-0.4, -0.2) is 62.3 Å². The Balaban J connectivity index is 1.41. The van der Waals surface area contributed by atoms with E-state index in [1.54, 1.807) is 7.11 Å². The second-order valence-corrected chi connectivity index (χ2v) is 9.14. The molecule has 1 aromatic rings. The topological polar surface area (TPSA) is 74.9 Å². The molecule has 30 heavy (non-hydrogen) atoms. The van der Waals surface area contributed by atoms with E-state index in [4.69, 9.17) is 14.1 Å². The third-order valence-corrected chi connectivity index (χ3v) is 6.86. The van der Waals surface area contributed by atoms with Crippen molar-refractivity contribution in [3.8, 4) is 0 Å². The molecule has 1 aliphatic carbocycles. The van der Waals surface area contributed by atoms with Crippen LogP contribution in [0.2, 0.25) is 0 Å². The predicted molar refractivity (Wildman–Crippen MR) is 121 cm³/mol. The van der Waals surface area contributed by atoms with E-state index in [1.165, 1.54) is 32.1 Å². The number of oxazole rings is 1. The number of guanidine groups is 1. The fraction of sp³-hybridized carbons (Fsp3) is 0.826. The van der Waals surface area contributed by atoms with Crippen LogP contribution in [0.15, 0.2) is 9.41 Å². The Morgan fingerprint density at radius 3 is 2.60 bits per heavy atom. The Kier molecular flexibility index (Phi) is 8.57. The zero-order valence-electron chi connectivity index (χ0n) is 19.4. The van der Waals surface area contributed by atoms with Crippen LogP contribution in [-0.2, 0) is 11.3 Å². The number of nitrogens with zero attached hydrogens (tertiary/aromatic N) is 3. The van der Waals surface area contributed by atoms with Crippen molar-refractivity contribution in [3.05, 3.63) is 17.3 Å². The zero-order valence-corrected chi connectivity index (χ0v) is 19.4. The monoisotopic (exact) mass is 419 g/mol. The molecule has 1 aliphatic heterocycles. The molecule has 1 aromatic heterocycles. The number of aliphatic imine (C=N–C) groups is 1. The van der Waals surface area contributed by atoms with Gasteiger partial charge in [-0.25, -0.2) is 4.98 Å². The first-order chi connectivity index (χ1) is 14.5. The Hall–Kier alpha value is -1.60. The highest BCUT2D eigenvalue weighted by Gasteiger charge is 2.36. The molecule has 2 aliphatic rings. The van der Waals surface area contributed by atoms with E-state index >= 15 is 0 Å². The van der Waals surface area contributed by atoms with Crippen LogP contribution in [0, 0.1) is 25.2 Å². The number of hydrogen-bond donors (Lipinski definition) is 2. The number of rotatable bonds is 10. The van der Waals surface area contributed by atoms with Crippen molar-refractivity contribution in [1.82, 2.24) is 20.5 Å². The van der Waals surface area contributed by atoms with E-state index in [9.17, 15) is 0 Å². The normalized spacial score (nSPS) is 20.2. The minimum atomic E-state index is 0.361. The maximum absolute atomic E-state index is 5.75. The predicted octanol–water partition coefficient (Wildman–Crippen LogP) is 3.27. The number of likely N-dealkylation sites (tertiary alicyclic amines) is 1. The van der Waals surface area contributed by atoms with Gasteiger partial charge in [0, 0.05) is 33.4 Å². The molecule has 0 radical (unpaired) electrons. The van der Waals surface area contributed by atoms with E-state index in [0.29, 0.717) is 11.3 Å². The summed E-state index contributed by atoms with van der Waals surface area (Å²) in [6, 6.07) is 0. The summed E-state index contributed by atoms with van der Waals surface area (Å²) in [5.41, 5.74) is 1.37. The Morgan fingerprint density at radius 2 is 2.03 bits per heavy atom. The number of methoxy groups -OCH3 is 1. The van der Waals surface area contributed by atoms with Crippen LogP contribution < -0.4 is 10.6 Å². The molecule has 2 heterocycles. The number of ether oxygens (including phenoxy) is 1. The number of aryl methyl sites for hydroxylation is 2. The molecule has 170 valence electrons. The zero-order chi connectivity index (χ0) is 21.4. The molecule has 0 unspecified atom stereocenters. The first-order valence-corrected chi connectivity index (χ1v) is 11.7. The van der Waals surface area contributed by atoms with Crippen LogP contribution in [0.4, 0.5) is 0 Å². The standard InChI is InChI=1S/C23H41N5O2/c1-5-24-22(26-17-23(9-6-10-23)11-14-29-4)25-15-20-7-12-28(13-8-20)16-21-27-18(2)19(3)30-21/h20H,5-17H2,1-4H3,(H2,24,25,26). The van der Waals surface area contributed by atoms with Crippen molar-refractivity contribution in [3.63, 3.8) is 0 Å². The number of aromatic nitrogens is 1. The van der Waals surface area contributed by atoms with Gasteiger partial charge in [0.2, 0.25) is 5.89 Å². The molecule has 0 atom stereocenters. The Morgan fingerprint density at radius 1 is 1.27 bits per heavy atom.